The number of likely N-dealkylation sites (tertiary alicyclic amines) is 1. The zero-order valence-electron chi connectivity index (χ0n) is 20.6. The van der Waals surface area contributed by atoms with E-state index < -0.39 is 0 Å². The highest BCUT2D eigenvalue weighted by Crippen LogP contribution is 2.29. The molecule has 0 aromatic carbocycles. The van der Waals surface area contributed by atoms with Gasteiger partial charge >= 0.3 is 6.03 Å². The number of hydrogen-bond donors (Lipinski definition) is 2. The van der Waals surface area contributed by atoms with Gasteiger partial charge in [0, 0.05) is 45.0 Å². The van der Waals surface area contributed by atoms with Gasteiger partial charge in [0.2, 0.25) is 0 Å². The fourth-order valence-electron chi connectivity index (χ4n) is 4.76. The third-order valence-electron chi connectivity index (χ3n) is 6.81. The van der Waals surface area contributed by atoms with Crippen LogP contribution >= 0.6 is 0 Å². The van der Waals surface area contributed by atoms with Crippen molar-refractivity contribution in [3.8, 4) is 0 Å². The predicted molar refractivity (Wildman–Crippen MR) is 130 cm³/mol. The van der Waals surface area contributed by atoms with Gasteiger partial charge in [0.25, 0.3) is 0 Å². The molecule has 3 rings (SSSR count). The van der Waals surface area contributed by atoms with Gasteiger partial charge in [-0.05, 0) is 64.9 Å². The second kappa shape index (κ2) is 11.7. The van der Waals surface area contributed by atoms with Gasteiger partial charge in [-0.3, -0.25) is 0 Å². The molecule has 9 nitrogen and oxygen atoms in total. The summed E-state index contributed by atoms with van der Waals surface area (Å²) < 4.78 is 7.96. The number of aryl methyl sites for hydroxylation is 3. The number of pyridine rings is 1. The number of urea groups is 1. The molecule has 1 aliphatic heterocycles. The van der Waals surface area contributed by atoms with E-state index in [4.69, 9.17) is 15.5 Å². The van der Waals surface area contributed by atoms with Gasteiger partial charge in [-0.1, -0.05) is 0 Å². The molecule has 3 heterocycles. The number of anilines is 1. The minimum absolute atomic E-state index is 0.00207. The Labute approximate surface area is 196 Å². The lowest BCUT2D eigenvalue weighted by molar-refractivity contribution is 0.125. The Morgan fingerprint density at radius 1 is 1.24 bits per heavy atom. The van der Waals surface area contributed by atoms with Crippen LogP contribution in [0, 0.1) is 19.8 Å². The quantitative estimate of drug-likeness (QED) is 0.595. The van der Waals surface area contributed by atoms with Gasteiger partial charge in [-0.15, -0.1) is 0 Å². The van der Waals surface area contributed by atoms with Crippen molar-refractivity contribution in [3.63, 3.8) is 0 Å². The number of nitrogen functional groups attached to an aromatic ring is 1. The number of aliphatic hydroxyl groups excluding tert-OH is 1. The van der Waals surface area contributed by atoms with Gasteiger partial charge in [0.15, 0.2) is 5.82 Å². The van der Waals surface area contributed by atoms with Crippen LogP contribution in [0.5, 0.6) is 0 Å². The number of nitrogens with zero attached hydrogens (tertiary/aromatic N) is 5. The van der Waals surface area contributed by atoms with E-state index in [0.29, 0.717) is 38.0 Å². The van der Waals surface area contributed by atoms with E-state index in [0.717, 1.165) is 73.4 Å². The lowest BCUT2D eigenvalue weighted by atomic mass is 9.97. The first-order valence-corrected chi connectivity index (χ1v) is 12.2. The van der Waals surface area contributed by atoms with Crippen molar-refractivity contribution in [2.75, 3.05) is 45.1 Å². The molecule has 2 aromatic rings. The normalized spacial score (nSPS) is 16.9. The number of carbonyl (C=O) groups excluding carboxylic acids is 1. The Bertz CT molecular complexity index is 944. The molecule has 0 bridgehead atoms. The van der Waals surface area contributed by atoms with E-state index in [2.05, 4.69) is 16.5 Å². The highest BCUT2D eigenvalue weighted by atomic mass is 16.5. The largest absolute Gasteiger partial charge is 0.395 e. The predicted octanol–water partition coefficient (Wildman–Crippen LogP) is 3.09. The highest BCUT2D eigenvalue weighted by Gasteiger charge is 2.24. The van der Waals surface area contributed by atoms with Crippen LogP contribution in [0.15, 0.2) is 0 Å². The number of imidazole rings is 1. The number of carbonyl (C=O) groups is 1. The third kappa shape index (κ3) is 5.76. The summed E-state index contributed by atoms with van der Waals surface area (Å²) in [4.78, 5) is 25.7. The monoisotopic (exact) mass is 460 g/mol. The minimum atomic E-state index is -0.00207. The Morgan fingerprint density at radius 3 is 2.73 bits per heavy atom. The topological polar surface area (TPSA) is 110 Å². The summed E-state index contributed by atoms with van der Waals surface area (Å²) in [6.07, 6.45) is 4.10. The average Bonchev–Trinajstić information content (AvgIpc) is 3.00. The number of nitrogens with two attached hydrogens (primary N) is 1. The lowest BCUT2D eigenvalue weighted by Gasteiger charge is -2.28. The number of likely N-dealkylation sites (N-methyl/N-ethyl adjacent to an activating group) is 1. The maximum absolute atomic E-state index is 12.8. The summed E-state index contributed by atoms with van der Waals surface area (Å²) in [6, 6.07) is 0.0425. The first-order valence-electron chi connectivity index (χ1n) is 12.2. The number of aliphatic hydroxyl groups is 1. The number of amides is 2. The summed E-state index contributed by atoms with van der Waals surface area (Å²) in [5.41, 5.74) is 10.1. The van der Waals surface area contributed by atoms with Crippen molar-refractivity contribution in [1.82, 2.24) is 24.3 Å². The maximum Gasteiger partial charge on any atom is 0.320 e. The Balaban J connectivity index is 1.73. The molecule has 1 atom stereocenters. The average molecular weight is 461 g/mol. The Morgan fingerprint density at radius 2 is 2.03 bits per heavy atom. The third-order valence-corrected chi connectivity index (χ3v) is 6.81. The molecule has 1 fully saturated rings. The number of aromatic nitrogens is 3. The van der Waals surface area contributed by atoms with Crippen molar-refractivity contribution in [2.45, 2.75) is 66.5 Å². The van der Waals surface area contributed by atoms with E-state index in [1.165, 1.54) is 0 Å². The molecular formula is C24H40N6O3. The molecule has 2 aromatic heterocycles. The highest BCUT2D eigenvalue weighted by molar-refractivity contribution is 5.88. The van der Waals surface area contributed by atoms with Gasteiger partial charge < -0.3 is 29.9 Å². The van der Waals surface area contributed by atoms with Gasteiger partial charge in [-0.2, -0.15) is 0 Å². The van der Waals surface area contributed by atoms with Gasteiger partial charge in [0.05, 0.1) is 12.1 Å². The smallest absolute Gasteiger partial charge is 0.320 e. The fourth-order valence-corrected chi connectivity index (χ4v) is 4.76. The first kappa shape index (κ1) is 25.2. The van der Waals surface area contributed by atoms with Crippen molar-refractivity contribution in [1.29, 1.82) is 0 Å². The summed E-state index contributed by atoms with van der Waals surface area (Å²) in [5.74, 6) is 1.90. The van der Waals surface area contributed by atoms with Crippen LogP contribution in [0.4, 0.5) is 10.6 Å². The van der Waals surface area contributed by atoms with E-state index in [-0.39, 0.29) is 12.6 Å². The van der Waals surface area contributed by atoms with Crippen molar-refractivity contribution in [3.05, 3.63) is 17.1 Å². The van der Waals surface area contributed by atoms with Gasteiger partial charge in [0.1, 0.15) is 17.9 Å². The van der Waals surface area contributed by atoms with Crippen LogP contribution in [0.25, 0.3) is 11.0 Å². The fraction of sp³-hybridized carbons (Fsp3) is 0.708. The molecule has 3 N–H and O–H groups in total. The SMILES string of the molecule is CCOCc1nc2c(N)nc(C)c(C)c2n1CCC1CCCN(C(=O)N(CC)CCO)CC1. The lowest BCUT2D eigenvalue weighted by Crippen LogP contribution is -2.44. The van der Waals surface area contributed by atoms with Crippen LogP contribution in [-0.4, -0.2) is 74.9 Å². The van der Waals surface area contributed by atoms with Crippen molar-refractivity contribution < 1.29 is 14.6 Å². The van der Waals surface area contributed by atoms with E-state index in [1.54, 1.807) is 4.90 Å². The Kier molecular flexibility index (Phi) is 8.91. The standard InChI is InChI=1S/C24H40N6O3/c1-5-28(14-15-31)24(32)29-11-7-8-19(9-12-29)10-13-30-20(16-33-6-2)27-21-22(30)17(3)18(4)26-23(21)25/h19,31H,5-16H2,1-4H3,(H2,25,26). The van der Waals surface area contributed by atoms with Crippen LogP contribution < -0.4 is 5.73 Å². The molecule has 1 unspecified atom stereocenters. The zero-order valence-corrected chi connectivity index (χ0v) is 20.6. The molecule has 33 heavy (non-hydrogen) atoms. The molecule has 0 spiro atoms. The molecule has 184 valence electrons. The van der Waals surface area contributed by atoms with Crippen LogP contribution in [0.3, 0.4) is 0 Å². The van der Waals surface area contributed by atoms with Crippen molar-refractivity contribution >= 4 is 22.9 Å². The summed E-state index contributed by atoms with van der Waals surface area (Å²) >= 11 is 0. The molecule has 9 heteroatoms. The zero-order chi connectivity index (χ0) is 24.0. The number of hydrogen-bond acceptors (Lipinski definition) is 6. The number of ether oxygens (including phenoxy) is 1. The van der Waals surface area contributed by atoms with Gasteiger partial charge in [-0.25, -0.2) is 14.8 Å². The Hall–Kier alpha value is -2.39. The first-order chi connectivity index (χ1) is 15.9. The number of rotatable bonds is 9. The van der Waals surface area contributed by atoms with E-state index in [1.807, 2.05) is 25.7 Å². The summed E-state index contributed by atoms with van der Waals surface area (Å²) in [6.45, 7) is 12.5. The van der Waals surface area contributed by atoms with Crippen LogP contribution in [0.1, 0.15) is 56.6 Å². The van der Waals surface area contributed by atoms with E-state index >= 15 is 0 Å². The molecule has 1 aliphatic rings. The molecule has 0 radical (unpaired) electrons. The second-order valence-electron chi connectivity index (χ2n) is 8.88. The van der Waals surface area contributed by atoms with E-state index in [9.17, 15) is 9.90 Å². The number of fused-ring (bicyclic) bond motifs is 1. The maximum atomic E-state index is 12.8. The molecule has 0 aliphatic carbocycles. The molecule has 0 saturated carbocycles. The van der Waals surface area contributed by atoms with Crippen LogP contribution in [0.2, 0.25) is 0 Å². The van der Waals surface area contributed by atoms with Crippen LogP contribution in [-0.2, 0) is 17.9 Å². The minimum Gasteiger partial charge on any atom is -0.395 e. The molecule has 2 amide bonds. The molecular weight excluding hydrogens is 420 g/mol. The summed E-state index contributed by atoms with van der Waals surface area (Å²) in [7, 11) is 0. The summed E-state index contributed by atoms with van der Waals surface area (Å²) in [5, 5.41) is 9.24. The van der Waals surface area contributed by atoms with Crippen molar-refractivity contribution in [2.24, 2.45) is 5.92 Å². The molecule has 1 saturated heterocycles. The second-order valence-corrected chi connectivity index (χ2v) is 8.88.